The lowest BCUT2D eigenvalue weighted by molar-refractivity contribution is -0.141. The molecule has 8 heteroatoms. The van der Waals surface area contributed by atoms with E-state index in [1.807, 2.05) is 0 Å². The van der Waals surface area contributed by atoms with Gasteiger partial charge in [-0.15, -0.1) is 0 Å². The Morgan fingerprint density at radius 3 is 2.45 bits per heavy atom. The molecule has 0 aromatic carbocycles. The number of aromatic nitrogens is 1. The summed E-state index contributed by atoms with van der Waals surface area (Å²) in [6, 6.07) is 1.91. The summed E-state index contributed by atoms with van der Waals surface area (Å²) in [5.74, 6) is -0.784. The standard InChI is InChI=1S/C12H12F3N3O2/c1-11(2)10(20)18(6-9(19)17-11)7-3-4-8(16-5-7)12(13,14)15/h3-5H,6H2,1-2H3,(H,17,19). The lowest BCUT2D eigenvalue weighted by Crippen LogP contribution is -2.64. The summed E-state index contributed by atoms with van der Waals surface area (Å²) in [5.41, 5.74) is -1.99. The molecule has 20 heavy (non-hydrogen) atoms. The zero-order valence-corrected chi connectivity index (χ0v) is 10.8. The van der Waals surface area contributed by atoms with Gasteiger partial charge in [0, 0.05) is 0 Å². The number of nitrogens with one attached hydrogen (secondary N) is 1. The molecule has 0 atom stereocenters. The highest BCUT2D eigenvalue weighted by Crippen LogP contribution is 2.29. The largest absolute Gasteiger partial charge is 0.433 e. The Morgan fingerprint density at radius 1 is 1.30 bits per heavy atom. The van der Waals surface area contributed by atoms with Gasteiger partial charge in [0.15, 0.2) is 0 Å². The third kappa shape index (κ3) is 2.59. The zero-order chi connectivity index (χ0) is 15.1. The van der Waals surface area contributed by atoms with Crippen molar-refractivity contribution in [3.8, 4) is 0 Å². The number of hydrogen-bond acceptors (Lipinski definition) is 3. The van der Waals surface area contributed by atoms with Crippen molar-refractivity contribution in [3.63, 3.8) is 0 Å². The second-order valence-corrected chi connectivity index (χ2v) is 4.96. The fourth-order valence-corrected chi connectivity index (χ4v) is 1.92. The van der Waals surface area contributed by atoms with E-state index in [1.54, 1.807) is 0 Å². The van der Waals surface area contributed by atoms with Crippen molar-refractivity contribution in [2.75, 3.05) is 11.4 Å². The van der Waals surface area contributed by atoms with Crippen molar-refractivity contribution in [1.29, 1.82) is 0 Å². The van der Waals surface area contributed by atoms with E-state index in [4.69, 9.17) is 0 Å². The van der Waals surface area contributed by atoms with Crippen LogP contribution in [-0.4, -0.2) is 28.9 Å². The van der Waals surface area contributed by atoms with Gasteiger partial charge >= 0.3 is 6.18 Å². The highest BCUT2D eigenvalue weighted by molar-refractivity contribution is 6.08. The van der Waals surface area contributed by atoms with E-state index in [9.17, 15) is 22.8 Å². The number of rotatable bonds is 1. The van der Waals surface area contributed by atoms with Crippen LogP contribution >= 0.6 is 0 Å². The second-order valence-electron chi connectivity index (χ2n) is 4.96. The molecule has 1 saturated heterocycles. The van der Waals surface area contributed by atoms with Crippen LogP contribution in [0.5, 0.6) is 0 Å². The Kier molecular flexibility index (Phi) is 3.19. The molecular weight excluding hydrogens is 275 g/mol. The highest BCUT2D eigenvalue weighted by Gasteiger charge is 2.40. The first-order valence-corrected chi connectivity index (χ1v) is 5.77. The normalized spacial score (nSPS) is 18.9. The zero-order valence-electron chi connectivity index (χ0n) is 10.8. The highest BCUT2D eigenvalue weighted by atomic mass is 19.4. The molecule has 2 heterocycles. The Labute approximate surface area is 112 Å². The van der Waals surface area contributed by atoms with Crippen molar-refractivity contribution in [3.05, 3.63) is 24.0 Å². The first-order chi connectivity index (χ1) is 9.11. The molecule has 1 fully saturated rings. The summed E-state index contributed by atoms with van der Waals surface area (Å²) in [6.07, 6.45) is -3.60. The van der Waals surface area contributed by atoms with Crippen molar-refractivity contribution >= 4 is 17.5 Å². The number of hydrogen-bond donors (Lipinski definition) is 1. The van der Waals surface area contributed by atoms with Crippen LogP contribution in [-0.2, 0) is 15.8 Å². The first kappa shape index (κ1) is 14.3. The SMILES string of the molecule is CC1(C)NC(=O)CN(c2ccc(C(F)(F)F)nc2)C1=O. The van der Waals surface area contributed by atoms with Crippen LogP contribution in [0.25, 0.3) is 0 Å². The van der Waals surface area contributed by atoms with E-state index >= 15 is 0 Å². The maximum absolute atomic E-state index is 12.4. The van der Waals surface area contributed by atoms with E-state index in [0.29, 0.717) is 0 Å². The van der Waals surface area contributed by atoms with Crippen LogP contribution in [0.3, 0.4) is 0 Å². The quantitative estimate of drug-likeness (QED) is 0.848. The van der Waals surface area contributed by atoms with Crippen LogP contribution in [0.1, 0.15) is 19.5 Å². The summed E-state index contributed by atoms with van der Waals surface area (Å²) >= 11 is 0. The summed E-state index contributed by atoms with van der Waals surface area (Å²) in [5, 5.41) is 2.51. The van der Waals surface area contributed by atoms with Crippen LogP contribution in [0.4, 0.5) is 18.9 Å². The van der Waals surface area contributed by atoms with E-state index in [2.05, 4.69) is 10.3 Å². The fraction of sp³-hybridized carbons (Fsp3) is 0.417. The summed E-state index contributed by atoms with van der Waals surface area (Å²) in [6.45, 7) is 2.81. The molecule has 1 aromatic rings. The molecule has 1 N–H and O–H groups in total. The Morgan fingerprint density at radius 2 is 1.95 bits per heavy atom. The average Bonchev–Trinajstić information content (AvgIpc) is 2.32. The van der Waals surface area contributed by atoms with Gasteiger partial charge in [-0.05, 0) is 26.0 Å². The predicted molar refractivity (Wildman–Crippen MR) is 63.8 cm³/mol. The third-order valence-electron chi connectivity index (χ3n) is 2.88. The molecule has 0 bridgehead atoms. The van der Waals surface area contributed by atoms with Crippen molar-refractivity contribution in [2.24, 2.45) is 0 Å². The number of amides is 2. The maximum atomic E-state index is 12.4. The number of anilines is 1. The molecule has 0 spiro atoms. The van der Waals surface area contributed by atoms with Crippen molar-refractivity contribution < 1.29 is 22.8 Å². The number of alkyl halides is 3. The third-order valence-corrected chi connectivity index (χ3v) is 2.88. The molecule has 2 amide bonds. The van der Waals surface area contributed by atoms with E-state index < -0.39 is 23.3 Å². The number of piperazine rings is 1. The van der Waals surface area contributed by atoms with Crippen LogP contribution in [0.2, 0.25) is 0 Å². The fourth-order valence-electron chi connectivity index (χ4n) is 1.92. The van der Waals surface area contributed by atoms with Gasteiger partial charge in [-0.1, -0.05) is 0 Å². The number of nitrogens with zero attached hydrogens (tertiary/aromatic N) is 2. The van der Waals surface area contributed by atoms with E-state index in [-0.39, 0.29) is 18.1 Å². The van der Waals surface area contributed by atoms with Crippen molar-refractivity contribution in [1.82, 2.24) is 10.3 Å². The average molecular weight is 287 g/mol. The first-order valence-electron chi connectivity index (χ1n) is 5.77. The number of pyridine rings is 1. The van der Waals surface area contributed by atoms with Gasteiger partial charge in [0.05, 0.1) is 11.9 Å². The Hall–Kier alpha value is -2.12. The monoisotopic (exact) mass is 287 g/mol. The molecule has 5 nitrogen and oxygen atoms in total. The summed E-state index contributed by atoms with van der Waals surface area (Å²) in [7, 11) is 0. The Bertz CT molecular complexity index is 552. The smallest absolute Gasteiger partial charge is 0.341 e. The van der Waals surface area contributed by atoms with Crippen LogP contribution in [0.15, 0.2) is 18.3 Å². The molecule has 0 saturated carbocycles. The number of carbonyl (C=O) groups is 2. The minimum absolute atomic E-state index is 0.158. The minimum atomic E-state index is -4.54. The van der Waals surface area contributed by atoms with Gasteiger partial charge in [-0.2, -0.15) is 13.2 Å². The second kappa shape index (κ2) is 4.46. The molecule has 2 rings (SSSR count). The van der Waals surface area contributed by atoms with Gasteiger partial charge < -0.3 is 5.32 Å². The molecule has 0 unspecified atom stereocenters. The molecule has 0 radical (unpaired) electrons. The molecule has 1 aliphatic rings. The minimum Gasteiger partial charge on any atom is -0.341 e. The molecule has 0 aliphatic carbocycles. The summed E-state index contributed by atoms with van der Waals surface area (Å²) in [4.78, 5) is 28.1. The topological polar surface area (TPSA) is 62.3 Å². The van der Waals surface area contributed by atoms with Gasteiger partial charge in [0.1, 0.15) is 17.8 Å². The molecule has 1 aliphatic heterocycles. The van der Waals surface area contributed by atoms with Crippen molar-refractivity contribution in [2.45, 2.75) is 25.6 Å². The molecule has 1 aromatic heterocycles. The van der Waals surface area contributed by atoms with Crippen LogP contribution < -0.4 is 10.2 Å². The lowest BCUT2D eigenvalue weighted by atomic mass is 10.00. The molecular formula is C12H12F3N3O2. The number of carbonyl (C=O) groups excluding carboxylic acids is 2. The number of halogens is 3. The lowest BCUT2D eigenvalue weighted by Gasteiger charge is -2.37. The van der Waals surface area contributed by atoms with Gasteiger partial charge in [0.25, 0.3) is 5.91 Å². The Balaban J connectivity index is 2.31. The van der Waals surface area contributed by atoms with E-state index in [0.717, 1.165) is 23.2 Å². The summed E-state index contributed by atoms with van der Waals surface area (Å²) < 4.78 is 37.2. The van der Waals surface area contributed by atoms with Gasteiger partial charge in [0.2, 0.25) is 5.91 Å². The van der Waals surface area contributed by atoms with Crippen LogP contribution in [0, 0.1) is 0 Å². The molecule has 108 valence electrons. The van der Waals surface area contributed by atoms with E-state index in [1.165, 1.54) is 13.8 Å². The van der Waals surface area contributed by atoms with Gasteiger partial charge in [-0.3, -0.25) is 14.5 Å². The van der Waals surface area contributed by atoms with Gasteiger partial charge in [-0.25, -0.2) is 4.98 Å². The predicted octanol–water partition coefficient (Wildman–Crippen LogP) is 1.34. The maximum Gasteiger partial charge on any atom is 0.433 e.